The Balaban J connectivity index is 1.80. The molecule has 0 amide bonds. The van der Waals surface area contributed by atoms with Gasteiger partial charge in [-0.15, -0.1) is 0 Å². The summed E-state index contributed by atoms with van der Waals surface area (Å²) < 4.78 is 23.5. The largest absolute Gasteiger partial charge is 0.355 e. The molecule has 2 heterocycles. The first-order valence-corrected chi connectivity index (χ1v) is 10.2. The van der Waals surface area contributed by atoms with E-state index in [1.807, 2.05) is 24.1 Å². The van der Waals surface area contributed by atoms with E-state index >= 15 is 0 Å². The van der Waals surface area contributed by atoms with Crippen LogP contribution in [0.1, 0.15) is 29.5 Å². The molecule has 1 fully saturated rings. The number of ketones is 1. The fourth-order valence-electron chi connectivity index (χ4n) is 3.00. The summed E-state index contributed by atoms with van der Waals surface area (Å²) in [5.74, 6) is 2.29. The molecule has 138 valence electrons. The third-order valence-corrected chi connectivity index (χ3v) is 6.26. The van der Waals surface area contributed by atoms with Gasteiger partial charge >= 0.3 is 0 Å². The van der Waals surface area contributed by atoms with Gasteiger partial charge in [0.05, 0.1) is 11.5 Å². The lowest BCUT2D eigenvalue weighted by Gasteiger charge is -2.25. The molecule has 1 saturated heterocycles. The van der Waals surface area contributed by atoms with Crippen molar-refractivity contribution in [2.45, 2.75) is 26.3 Å². The molecule has 2 aromatic rings. The molecular weight excluding hydrogens is 352 g/mol. The Bertz CT molecular complexity index is 926. The van der Waals surface area contributed by atoms with E-state index in [9.17, 15) is 13.2 Å². The second-order valence-corrected chi connectivity index (χ2v) is 8.81. The topological polar surface area (TPSA) is 92.3 Å². The van der Waals surface area contributed by atoms with Crippen LogP contribution in [0.15, 0.2) is 30.3 Å². The van der Waals surface area contributed by atoms with Crippen molar-refractivity contribution >= 4 is 32.9 Å². The van der Waals surface area contributed by atoms with Gasteiger partial charge in [0.25, 0.3) is 0 Å². The van der Waals surface area contributed by atoms with Crippen LogP contribution < -0.4 is 10.2 Å². The highest BCUT2D eigenvalue weighted by molar-refractivity contribution is 7.91. The molecule has 0 bridgehead atoms. The lowest BCUT2D eigenvalue weighted by Crippen LogP contribution is -2.33. The Morgan fingerprint density at radius 1 is 1.23 bits per heavy atom. The van der Waals surface area contributed by atoms with Gasteiger partial charge in [0, 0.05) is 30.4 Å². The predicted octanol–water partition coefficient (Wildman–Crippen LogP) is 2.35. The highest BCUT2D eigenvalue weighted by Crippen LogP contribution is 2.24. The molecule has 1 aliphatic heterocycles. The van der Waals surface area contributed by atoms with Crippen molar-refractivity contribution < 1.29 is 13.2 Å². The summed E-state index contributed by atoms with van der Waals surface area (Å²) in [7, 11) is -1.10. The Labute approximate surface area is 153 Å². The molecule has 1 aliphatic rings. The average Bonchev–Trinajstić information content (AvgIpc) is 2.94. The van der Waals surface area contributed by atoms with Crippen LogP contribution in [0, 0.1) is 6.92 Å². The zero-order valence-corrected chi connectivity index (χ0v) is 15.9. The summed E-state index contributed by atoms with van der Waals surface area (Å²) in [4.78, 5) is 22.1. The van der Waals surface area contributed by atoms with Gasteiger partial charge in [0.15, 0.2) is 15.6 Å². The van der Waals surface area contributed by atoms with Gasteiger partial charge in [-0.25, -0.2) is 18.4 Å². The smallest absolute Gasteiger partial charge is 0.159 e. The first-order chi connectivity index (χ1) is 12.2. The summed E-state index contributed by atoms with van der Waals surface area (Å²) in [5, 5.41) is 3.21. The number of aromatic nitrogens is 2. The number of nitrogens with zero attached hydrogens (tertiary/aromatic N) is 3. The van der Waals surface area contributed by atoms with Crippen LogP contribution in [0.3, 0.4) is 0 Å². The van der Waals surface area contributed by atoms with Crippen molar-refractivity contribution in [3.63, 3.8) is 0 Å². The molecule has 3 rings (SSSR count). The third-order valence-electron chi connectivity index (χ3n) is 4.51. The number of anilines is 3. The molecule has 8 heteroatoms. The molecular formula is C18H22N4O3S. The van der Waals surface area contributed by atoms with Gasteiger partial charge < -0.3 is 10.2 Å². The monoisotopic (exact) mass is 374 g/mol. The van der Waals surface area contributed by atoms with Crippen LogP contribution in [-0.2, 0) is 9.84 Å². The predicted molar refractivity (Wildman–Crippen MR) is 102 cm³/mol. The molecule has 0 aliphatic carbocycles. The Morgan fingerprint density at radius 3 is 2.50 bits per heavy atom. The number of hydrogen-bond acceptors (Lipinski definition) is 7. The normalized spacial score (nSPS) is 18.5. The maximum absolute atomic E-state index is 11.7. The Hall–Kier alpha value is -2.48. The van der Waals surface area contributed by atoms with Crippen LogP contribution in [0.2, 0.25) is 0 Å². The number of carbonyl (C=O) groups excluding carboxylic acids is 1. The Morgan fingerprint density at radius 2 is 1.92 bits per heavy atom. The number of rotatable bonds is 5. The van der Waals surface area contributed by atoms with Crippen molar-refractivity contribution in [3.8, 4) is 0 Å². The van der Waals surface area contributed by atoms with E-state index in [1.165, 1.54) is 6.92 Å². The number of carbonyl (C=O) groups is 1. The van der Waals surface area contributed by atoms with Crippen molar-refractivity contribution in [3.05, 3.63) is 41.7 Å². The molecule has 1 aromatic carbocycles. The summed E-state index contributed by atoms with van der Waals surface area (Å²) in [6.07, 6.45) is 0.608. The number of sulfone groups is 1. The molecule has 26 heavy (non-hydrogen) atoms. The minimum Gasteiger partial charge on any atom is -0.355 e. The second kappa shape index (κ2) is 7.03. The number of nitrogens with one attached hydrogen (secondary N) is 1. The fraction of sp³-hybridized carbons (Fsp3) is 0.389. The van der Waals surface area contributed by atoms with E-state index in [0.717, 1.165) is 5.69 Å². The van der Waals surface area contributed by atoms with Gasteiger partial charge in [-0.05, 0) is 44.5 Å². The van der Waals surface area contributed by atoms with Gasteiger partial charge in [0.2, 0.25) is 0 Å². The summed E-state index contributed by atoms with van der Waals surface area (Å²) >= 11 is 0. The van der Waals surface area contributed by atoms with Crippen LogP contribution >= 0.6 is 0 Å². The maximum atomic E-state index is 11.7. The molecule has 1 atom stereocenters. The highest BCUT2D eigenvalue weighted by atomic mass is 32.2. The molecule has 1 N–H and O–H groups in total. The maximum Gasteiger partial charge on any atom is 0.159 e. The Kier molecular flexibility index (Phi) is 4.95. The van der Waals surface area contributed by atoms with Gasteiger partial charge in [-0.1, -0.05) is 0 Å². The number of hydrogen-bond donors (Lipinski definition) is 1. The summed E-state index contributed by atoms with van der Waals surface area (Å²) in [5.41, 5.74) is 1.46. The van der Waals surface area contributed by atoms with Crippen LogP contribution in [0.25, 0.3) is 0 Å². The van der Waals surface area contributed by atoms with Crippen LogP contribution in [-0.4, -0.2) is 48.8 Å². The fourth-order valence-corrected chi connectivity index (χ4v) is 4.78. The molecule has 1 unspecified atom stereocenters. The quantitative estimate of drug-likeness (QED) is 0.803. The average molecular weight is 374 g/mol. The van der Waals surface area contributed by atoms with E-state index in [0.29, 0.717) is 29.4 Å². The SMILES string of the molecule is CC(=O)c1ccc(Nc2cc(N(C)C3CCS(=O)(=O)C3)nc(C)n2)cc1. The third kappa shape index (κ3) is 4.19. The van der Waals surface area contributed by atoms with Gasteiger partial charge in [0.1, 0.15) is 17.5 Å². The first kappa shape index (κ1) is 18.3. The first-order valence-electron chi connectivity index (χ1n) is 8.40. The lowest BCUT2D eigenvalue weighted by atomic mass is 10.1. The van der Waals surface area contributed by atoms with Crippen molar-refractivity contribution in [2.24, 2.45) is 0 Å². The number of Topliss-reactive ketones (excluding diaryl/α,β-unsaturated/α-hetero) is 1. The van der Waals surface area contributed by atoms with E-state index in [-0.39, 0.29) is 23.3 Å². The van der Waals surface area contributed by atoms with Crippen LogP contribution in [0.5, 0.6) is 0 Å². The van der Waals surface area contributed by atoms with Gasteiger partial charge in [-0.3, -0.25) is 4.79 Å². The van der Waals surface area contributed by atoms with Crippen LogP contribution in [0.4, 0.5) is 17.3 Å². The number of benzene rings is 1. The van der Waals surface area contributed by atoms with E-state index < -0.39 is 9.84 Å². The molecule has 7 nitrogen and oxygen atoms in total. The zero-order chi connectivity index (χ0) is 18.9. The van der Waals surface area contributed by atoms with E-state index in [4.69, 9.17) is 0 Å². The second-order valence-electron chi connectivity index (χ2n) is 6.58. The van der Waals surface area contributed by atoms with E-state index in [2.05, 4.69) is 15.3 Å². The van der Waals surface area contributed by atoms with Crippen molar-refractivity contribution in [1.29, 1.82) is 0 Å². The standard InChI is InChI=1S/C18H22N4O3S/c1-12(23)14-4-6-15(7-5-14)21-17-10-18(20-13(2)19-17)22(3)16-8-9-26(24,25)11-16/h4-7,10,16H,8-9,11H2,1-3H3,(H,19,20,21). The summed E-state index contributed by atoms with van der Waals surface area (Å²) in [6.45, 7) is 3.33. The van der Waals surface area contributed by atoms with Crippen molar-refractivity contribution in [2.75, 3.05) is 28.8 Å². The molecule has 0 spiro atoms. The highest BCUT2D eigenvalue weighted by Gasteiger charge is 2.31. The summed E-state index contributed by atoms with van der Waals surface area (Å²) in [6, 6.07) is 8.89. The minimum absolute atomic E-state index is 0.0184. The number of aryl methyl sites for hydroxylation is 1. The van der Waals surface area contributed by atoms with Gasteiger partial charge in [-0.2, -0.15) is 0 Å². The van der Waals surface area contributed by atoms with Crippen molar-refractivity contribution in [1.82, 2.24) is 9.97 Å². The molecule has 1 aromatic heterocycles. The zero-order valence-electron chi connectivity index (χ0n) is 15.1. The molecule has 0 saturated carbocycles. The minimum atomic E-state index is -2.96. The molecule has 0 radical (unpaired) electrons. The lowest BCUT2D eigenvalue weighted by molar-refractivity contribution is 0.101. The van der Waals surface area contributed by atoms with E-state index in [1.54, 1.807) is 25.1 Å².